The number of allylic oxidation sites excluding steroid dienone is 1. The van der Waals surface area contributed by atoms with Crippen molar-refractivity contribution in [1.82, 2.24) is 0 Å². The summed E-state index contributed by atoms with van der Waals surface area (Å²) in [4.78, 5) is 12.5. The summed E-state index contributed by atoms with van der Waals surface area (Å²) >= 11 is 0. The molecule has 4 rings (SSSR count). The quantitative estimate of drug-likeness (QED) is 0.562. The van der Waals surface area contributed by atoms with Gasteiger partial charge in [-0.3, -0.25) is 0 Å². The van der Waals surface area contributed by atoms with Crippen molar-refractivity contribution in [3.05, 3.63) is 71.7 Å². The van der Waals surface area contributed by atoms with E-state index in [9.17, 15) is 4.79 Å². The van der Waals surface area contributed by atoms with Crippen LogP contribution in [0.5, 0.6) is 0 Å². The summed E-state index contributed by atoms with van der Waals surface area (Å²) in [5.41, 5.74) is 1.68. The molecule has 0 radical (unpaired) electrons. The van der Waals surface area contributed by atoms with Crippen LogP contribution in [0.25, 0.3) is 0 Å². The van der Waals surface area contributed by atoms with Gasteiger partial charge in [-0.15, -0.1) is 0 Å². The van der Waals surface area contributed by atoms with Crippen molar-refractivity contribution in [2.45, 2.75) is 26.9 Å². The minimum atomic E-state index is -0.277. The van der Waals surface area contributed by atoms with E-state index in [4.69, 9.17) is 13.9 Å². The summed E-state index contributed by atoms with van der Waals surface area (Å²) in [6, 6.07) is 13.0. The van der Waals surface area contributed by atoms with Gasteiger partial charge in [0.25, 0.3) is 0 Å². The number of hydrogen-bond donors (Lipinski definition) is 0. The molecule has 0 unspecified atom stereocenters. The minimum Gasteiger partial charge on any atom is -0.467 e. The Hall–Kier alpha value is -2.33. The van der Waals surface area contributed by atoms with Crippen molar-refractivity contribution in [3.8, 4) is 0 Å². The molecule has 2 heterocycles. The van der Waals surface area contributed by atoms with E-state index >= 15 is 0 Å². The molecule has 0 amide bonds. The lowest BCUT2D eigenvalue weighted by Gasteiger charge is -2.54. The number of furan rings is 1. The first-order valence-corrected chi connectivity index (χ1v) is 9.58. The van der Waals surface area contributed by atoms with Gasteiger partial charge in [0.15, 0.2) is 0 Å². The number of esters is 1. The van der Waals surface area contributed by atoms with Crippen molar-refractivity contribution in [1.29, 1.82) is 0 Å². The van der Waals surface area contributed by atoms with Gasteiger partial charge in [0.05, 0.1) is 18.4 Å². The molecule has 1 fully saturated rings. The Kier molecular flexibility index (Phi) is 4.68. The van der Waals surface area contributed by atoms with Gasteiger partial charge in [-0.05, 0) is 43.0 Å². The maximum atomic E-state index is 12.5. The maximum absolute atomic E-state index is 12.5. The Balaban J connectivity index is 1.58. The zero-order valence-corrected chi connectivity index (χ0v) is 16.1. The van der Waals surface area contributed by atoms with E-state index in [1.807, 2.05) is 30.3 Å². The van der Waals surface area contributed by atoms with Crippen molar-refractivity contribution in [2.75, 3.05) is 13.2 Å². The fourth-order valence-electron chi connectivity index (χ4n) is 4.82. The van der Waals surface area contributed by atoms with E-state index in [0.29, 0.717) is 24.7 Å². The molecule has 4 nitrogen and oxygen atoms in total. The molecule has 0 spiro atoms. The minimum absolute atomic E-state index is 0.0864. The summed E-state index contributed by atoms with van der Waals surface area (Å²) in [5, 5.41) is 0. The van der Waals surface area contributed by atoms with Gasteiger partial charge in [-0.2, -0.15) is 0 Å². The highest BCUT2D eigenvalue weighted by atomic mass is 16.5. The zero-order chi connectivity index (χ0) is 19.0. The molecule has 2 bridgehead atoms. The number of rotatable bonds is 4. The van der Waals surface area contributed by atoms with Crippen LogP contribution >= 0.6 is 0 Å². The largest absolute Gasteiger partial charge is 0.467 e. The van der Waals surface area contributed by atoms with Gasteiger partial charge < -0.3 is 13.9 Å². The van der Waals surface area contributed by atoms with Gasteiger partial charge in [0.1, 0.15) is 18.5 Å². The Bertz CT molecular complexity index is 823. The van der Waals surface area contributed by atoms with Crippen LogP contribution in [-0.4, -0.2) is 19.2 Å². The summed E-state index contributed by atoms with van der Waals surface area (Å²) < 4.78 is 17.7. The normalized spacial score (nSPS) is 32.6. The molecular weight excluding hydrogens is 340 g/mol. The highest BCUT2D eigenvalue weighted by Gasteiger charge is 2.55. The third-order valence-electron chi connectivity index (χ3n) is 6.55. The highest BCUT2D eigenvalue weighted by molar-refractivity contribution is 5.89. The SMILES string of the molecule is CC1=C[C@@H](C)[C@@]2(COC(=O)c3ccccc3)CO[C@@H](c3ccco3)[C@@H]1[C@H]2C. The summed E-state index contributed by atoms with van der Waals surface area (Å²) in [6.07, 6.45) is 3.92. The van der Waals surface area contributed by atoms with Crippen LogP contribution in [0.1, 0.15) is 43.0 Å². The van der Waals surface area contributed by atoms with Crippen molar-refractivity contribution in [2.24, 2.45) is 23.2 Å². The average molecular weight is 366 g/mol. The number of carbonyl (C=O) groups is 1. The van der Waals surface area contributed by atoms with Crippen molar-refractivity contribution < 1.29 is 18.7 Å². The lowest BCUT2D eigenvalue weighted by Crippen LogP contribution is -2.54. The van der Waals surface area contributed by atoms with Crippen LogP contribution in [0.2, 0.25) is 0 Å². The number of ether oxygens (including phenoxy) is 2. The predicted molar refractivity (Wildman–Crippen MR) is 102 cm³/mol. The Morgan fingerprint density at radius 1 is 1.19 bits per heavy atom. The lowest BCUT2D eigenvalue weighted by molar-refractivity contribution is -0.170. The van der Waals surface area contributed by atoms with Crippen molar-refractivity contribution in [3.63, 3.8) is 0 Å². The van der Waals surface area contributed by atoms with Gasteiger partial charge in [0.2, 0.25) is 0 Å². The first-order chi connectivity index (χ1) is 13.0. The molecule has 5 atom stereocenters. The number of hydrogen-bond acceptors (Lipinski definition) is 4. The standard InChI is InChI=1S/C23H26O4/c1-15-12-16(2)23(14-27-22(24)18-8-5-4-6-9-18)13-26-21(20(15)17(23)3)19-10-7-11-25-19/h4-12,16-17,20-21H,13-14H2,1-3H3/t16-,17-,20+,21+,23+/m1/s1. The molecule has 0 N–H and O–H groups in total. The summed E-state index contributed by atoms with van der Waals surface area (Å²) in [6.45, 7) is 7.52. The second-order valence-electron chi connectivity index (χ2n) is 7.94. The molecule has 1 saturated heterocycles. The summed E-state index contributed by atoms with van der Waals surface area (Å²) in [7, 11) is 0. The monoisotopic (exact) mass is 366 g/mol. The second kappa shape index (κ2) is 7.01. The number of fused-ring (bicyclic) bond motifs is 2. The lowest BCUT2D eigenvalue weighted by atomic mass is 9.56. The molecule has 27 heavy (non-hydrogen) atoms. The Labute approximate surface area is 160 Å². The van der Waals surface area contributed by atoms with E-state index < -0.39 is 0 Å². The number of benzene rings is 1. The third-order valence-corrected chi connectivity index (χ3v) is 6.55. The Morgan fingerprint density at radius 2 is 1.96 bits per heavy atom. The molecule has 2 aliphatic rings. The zero-order valence-electron chi connectivity index (χ0n) is 16.1. The molecule has 2 aromatic rings. The predicted octanol–water partition coefficient (Wildman–Crippen LogP) is 5.04. The number of carbonyl (C=O) groups excluding carboxylic acids is 1. The molecule has 0 saturated carbocycles. The van der Waals surface area contributed by atoms with Crippen LogP contribution in [0.15, 0.2) is 64.8 Å². The first-order valence-electron chi connectivity index (χ1n) is 9.58. The van der Waals surface area contributed by atoms with Crippen molar-refractivity contribution >= 4 is 5.97 Å². The fourth-order valence-corrected chi connectivity index (χ4v) is 4.82. The van der Waals surface area contributed by atoms with E-state index in [1.165, 1.54) is 5.57 Å². The summed E-state index contributed by atoms with van der Waals surface area (Å²) in [5.74, 6) is 1.38. The van der Waals surface area contributed by atoms with Crippen LogP contribution in [-0.2, 0) is 9.47 Å². The van der Waals surface area contributed by atoms with Gasteiger partial charge >= 0.3 is 5.97 Å². The van der Waals surface area contributed by atoms with Crippen LogP contribution in [0.4, 0.5) is 0 Å². The molecular formula is C23H26O4. The highest BCUT2D eigenvalue weighted by Crippen LogP contribution is 2.56. The van der Waals surface area contributed by atoms with Crippen LogP contribution in [0, 0.1) is 23.2 Å². The smallest absolute Gasteiger partial charge is 0.338 e. The van der Waals surface area contributed by atoms with E-state index in [2.05, 4.69) is 26.8 Å². The van der Waals surface area contributed by atoms with E-state index in [0.717, 1.165) is 5.76 Å². The molecule has 1 aromatic heterocycles. The first kappa shape index (κ1) is 18.1. The molecule has 1 aliphatic heterocycles. The second-order valence-corrected chi connectivity index (χ2v) is 7.94. The van der Waals surface area contributed by atoms with E-state index in [-0.39, 0.29) is 29.3 Å². The topological polar surface area (TPSA) is 48.7 Å². The molecule has 142 valence electrons. The van der Waals surface area contributed by atoms with Crippen LogP contribution < -0.4 is 0 Å². The third kappa shape index (κ3) is 3.02. The van der Waals surface area contributed by atoms with Gasteiger partial charge in [-0.1, -0.05) is 43.7 Å². The molecule has 1 aromatic carbocycles. The molecule has 1 aliphatic carbocycles. The molecule has 4 heteroatoms. The maximum Gasteiger partial charge on any atom is 0.338 e. The van der Waals surface area contributed by atoms with E-state index in [1.54, 1.807) is 18.4 Å². The Morgan fingerprint density at radius 3 is 2.67 bits per heavy atom. The van der Waals surface area contributed by atoms with Gasteiger partial charge in [-0.25, -0.2) is 4.79 Å². The van der Waals surface area contributed by atoms with Crippen LogP contribution in [0.3, 0.4) is 0 Å². The van der Waals surface area contributed by atoms with Gasteiger partial charge in [0, 0.05) is 11.3 Å². The average Bonchev–Trinajstić information content (AvgIpc) is 3.20. The fraction of sp³-hybridized carbons (Fsp3) is 0.435.